The van der Waals surface area contributed by atoms with Crippen LogP contribution in [0.2, 0.25) is 0 Å². The molecule has 0 amide bonds. The molecule has 0 saturated heterocycles. The van der Waals surface area contributed by atoms with Gasteiger partial charge in [0.2, 0.25) is 11.8 Å². The van der Waals surface area contributed by atoms with Crippen LogP contribution in [0.25, 0.3) is 16.9 Å². The molecule has 4 N–H and O–H groups in total. The number of benzene rings is 1. The van der Waals surface area contributed by atoms with E-state index in [1.54, 1.807) is 0 Å². The number of nitrogens with zero attached hydrogens (tertiary/aromatic N) is 5. The van der Waals surface area contributed by atoms with Gasteiger partial charge in [0.1, 0.15) is 11.5 Å². The summed E-state index contributed by atoms with van der Waals surface area (Å²) in [6, 6.07) is 11.0. The average molecular weight is 432 g/mol. The Labute approximate surface area is 184 Å². The van der Waals surface area contributed by atoms with E-state index in [9.17, 15) is 10.1 Å². The minimum absolute atomic E-state index is 0.119. The second kappa shape index (κ2) is 8.50. The molecule has 3 heterocycles. The van der Waals surface area contributed by atoms with E-state index in [1.165, 1.54) is 23.3 Å². The Bertz CT molecular complexity index is 1320. The Morgan fingerprint density at radius 3 is 2.59 bits per heavy atom. The van der Waals surface area contributed by atoms with Crippen molar-refractivity contribution in [1.82, 2.24) is 19.4 Å². The molecule has 4 rings (SSSR count). The molecule has 1 aromatic carbocycles. The summed E-state index contributed by atoms with van der Waals surface area (Å²) in [4.78, 5) is 23.8. The third kappa shape index (κ3) is 4.15. The molecule has 0 aliphatic carbocycles. The van der Waals surface area contributed by atoms with Crippen LogP contribution in [0.3, 0.4) is 0 Å². The smallest absolute Gasteiger partial charge is 0.311 e. The first-order valence-electron chi connectivity index (χ1n) is 10.2. The first-order valence-corrected chi connectivity index (χ1v) is 10.2. The van der Waals surface area contributed by atoms with Gasteiger partial charge in [-0.2, -0.15) is 0 Å². The SMILES string of the molecule is Cc1cn2c(NCCNc3ccc([N+](=O)[O-])c(N)n3)nc(-c3cccc(C)c3C)cc2n1. The van der Waals surface area contributed by atoms with Crippen molar-refractivity contribution in [2.45, 2.75) is 20.8 Å². The molecule has 10 heteroatoms. The molecular weight excluding hydrogens is 408 g/mol. The molecule has 0 atom stereocenters. The van der Waals surface area contributed by atoms with Crippen molar-refractivity contribution >= 4 is 28.9 Å². The lowest BCUT2D eigenvalue weighted by Crippen LogP contribution is -2.17. The standard InChI is InChI=1S/C22H24N8O2/c1-13-5-4-6-16(15(13)3)17-11-20-26-14(2)12-29(20)22(27-17)25-10-9-24-19-8-7-18(30(31)32)21(23)28-19/h4-8,11-12H,9-10H2,1-3H3,(H,25,27)(H3,23,24,28). The zero-order valence-electron chi connectivity index (χ0n) is 18.1. The molecule has 3 aromatic heterocycles. The number of aromatic nitrogens is 4. The molecule has 0 fully saturated rings. The van der Waals surface area contributed by atoms with E-state index in [-0.39, 0.29) is 11.5 Å². The molecule has 10 nitrogen and oxygen atoms in total. The summed E-state index contributed by atoms with van der Waals surface area (Å²) in [5, 5.41) is 17.3. The predicted molar refractivity (Wildman–Crippen MR) is 125 cm³/mol. The van der Waals surface area contributed by atoms with Crippen LogP contribution in [0.4, 0.5) is 23.3 Å². The summed E-state index contributed by atoms with van der Waals surface area (Å²) in [5.41, 5.74) is 11.5. The Morgan fingerprint density at radius 2 is 1.84 bits per heavy atom. The maximum Gasteiger partial charge on any atom is 0.311 e. The Balaban J connectivity index is 1.53. The van der Waals surface area contributed by atoms with Gasteiger partial charge in [-0.25, -0.2) is 15.0 Å². The number of fused-ring (bicyclic) bond motifs is 1. The number of nitrogen functional groups attached to an aromatic ring is 1. The summed E-state index contributed by atoms with van der Waals surface area (Å²) in [7, 11) is 0. The highest BCUT2D eigenvalue weighted by Crippen LogP contribution is 2.27. The number of hydrogen-bond donors (Lipinski definition) is 3. The van der Waals surface area contributed by atoms with Gasteiger partial charge in [-0.3, -0.25) is 14.5 Å². The maximum absolute atomic E-state index is 10.9. The number of nitrogens with one attached hydrogen (secondary N) is 2. The van der Waals surface area contributed by atoms with Crippen molar-refractivity contribution < 1.29 is 4.92 Å². The van der Waals surface area contributed by atoms with E-state index in [0.717, 1.165) is 22.6 Å². The highest BCUT2D eigenvalue weighted by Gasteiger charge is 2.14. The van der Waals surface area contributed by atoms with Gasteiger partial charge in [0.15, 0.2) is 0 Å². The van der Waals surface area contributed by atoms with E-state index in [2.05, 4.69) is 46.6 Å². The van der Waals surface area contributed by atoms with Gasteiger partial charge in [0, 0.05) is 37.0 Å². The minimum Gasteiger partial charge on any atom is -0.378 e. The van der Waals surface area contributed by atoms with Crippen molar-refractivity contribution in [2.24, 2.45) is 0 Å². The molecule has 164 valence electrons. The van der Waals surface area contributed by atoms with Gasteiger partial charge in [-0.1, -0.05) is 18.2 Å². The van der Waals surface area contributed by atoms with Crippen molar-refractivity contribution in [3.63, 3.8) is 0 Å². The molecule has 0 spiro atoms. The third-order valence-electron chi connectivity index (χ3n) is 5.27. The van der Waals surface area contributed by atoms with E-state index < -0.39 is 4.92 Å². The Kier molecular flexibility index (Phi) is 5.59. The van der Waals surface area contributed by atoms with Crippen LogP contribution in [-0.2, 0) is 0 Å². The molecule has 0 radical (unpaired) electrons. The monoisotopic (exact) mass is 432 g/mol. The number of nitrogens with two attached hydrogens (primary N) is 1. The van der Waals surface area contributed by atoms with Gasteiger partial charge < -0.3 is 16.4 Å². The van der Waals surface area contributed by atoms with Crippen LogP contribution in [0.15, 0.2) is 42.6 Å². The maximum atomic E-state index is 10.9. The van der Waals surface area contributed by atoms with Crippen LogP contribution in [0.5, 0.6) is 0 Å². The predicted octanol–water partition coefficient (Wildman–Crippen LogP) is 3.73. The molecule has 0 saturated carbocycles. The summed E-state index contributed by atoms with van der Waals surface area (Å²) in [6.07, 6.45) is 1.93. The van der Waals surface area contributed by atoms with Crippen LogP contribution in [-0.4, -0.2) is 37.4 Å². The molecule has 0 bridgehead atoms. The average Bonchev–Trinajstić information content (AvgIpc) is 3.13. The fourth-order valence-corrected chi connectivity index (χ4v) is 3.49. The summed E-state index contributed by atoms with van der Waals surface area (Å²) in [5.74, 6) is 1.03. The van der Waals surface area contributed by atoms with Gasteiger partial charge in [0.25, 0.3) is 0 Å². The molecular formula is C22H24N8O2. The first kappa shape index (κ1) is 21.0. The van der Waals surface area contributed by atoms with Crippen molar-refractivity contribution in [2.75, 3.05) is 29.5 Å². The van der Waals surface area contributed by atoms with Crippen LogP contribution < -0.4 is 16.4 Å². The quantitative estimate of drug-likeness (QED) is 0.228. The lowest BCUT2D eigenvalue weighted by atomic mass is 10.0. The fraction of sp³-hybridized carbons (Fsp3) is 0.227. The second-order valence-corrected chi connectivity index (χ2v) is 7.53. The van der Waals surface area contributed by atoms with Gasteiger partial charge >= 0.3 is 5.69 Å². The van der Waals surface area contributed by atoms with E-state index >= 15 is 0 Å². The lowest BCUT2D eigenvalue weighted by molar-refractivity contribution is -0.384. The zero-order valence-corrected chi connectivity index (χ0v) is 18.1. The zero-order chi connectivity index (χ0) is 22.8. The van der Waals surface area contributed by atoms with E-state index in [4.69, 9.17) is 10.7 Å². The van der Waals surface area contributed by atoms with E-state index in [0.29, 0.717) is 24.9 Å². The fourth-order valence-electron chi connectivity index (χ4n) is 3.49. The van der Waals surface area contributed by atoms with Gasteiger partial charge in [0.05, 0.1) is 16.3 Å². The second-order valence-electron chi connectivity index (χ2n) is 7.53. The topological polar surface area (TPSA) is 136 Å². The lowest BCUT2D eigenvalue weighted by Gasteiger charge is -2.13. The number of hydrogen-bond acceptors (Lipinski definition) is 8. The molecule has 0 aliphatic heterocycles. The minimum atomic E-state index is -0.555. The molecule has 0 unspecified atom stereocenters. The number of nitro groups is 1. The highest BCUT2D eigenvalue weighted by atomic mass is 16.6. The number of imidazole rings is 1. The largest absolute Gasteiger partial charge is 0.378 e. The summed E-state index contributed by atoms with van der Waals surface area (Å²) < 4.78 is 1.92. The summed E-state index contributed by atoms with van der Waals surface area (Å²) in [6.45, 7) is 7.16. The Hall–Kier alpha value is -4.21. The molecule has 4 aromatic rings. The summed E-state index contributed by atoms with van der Waals surface area (Å²) >= 11 is 0. The van der Waals surface area contributed by atoms with Crippen molar-refractivity contribution in [3.05, 3.63) is 69.5 Å². The van der Waals surface area contributed by atoms with E-state index in [1.807, 2.05) is 29.7 Å². The third-order valence-corrected chi connectivity index (χ3v) is 5.27. The highest BCUT2D eigenvalue weighted by molar-refractivity contribution is 5.70. The number of aryl methyl sites for hydroxylation is 2. The van der Waals surface area contributed by atoms with Crippen LogP contribution >= 0.6 is 0 Å². The molecule has 0 aliphatic rings. The van der Waals surface area contributed by atoms with Gasteiger partial charge in [-0.15, -0.1) is 0 Å². The van der Waals surface area contributed by atoms with Gasteiger partial charge in [-0.05, 0) is 38.0 Å². The molecule has 32 heavy (non-hydrogen) atoms. The number of anilines is 3. The van der Waals surface area contributed by atoms with Crippen LogP contribution in [0.1, 0.15) is 16.8 Å². The Morgan fingerprint density at radius 1 is 1.06 bits per heavy atom. The number of pyridine rings is 1. The van der Waals surface area contributed by atoms with Crippen LogP contribution in [0, 0.1) is 30.9 Å². The van der Waals surface area contributed by atoms with Crippen molar-refractivity contribution in [3.8, 4) is 11.3 Å². The van der Waals surface area contributed by atoms with Crippen molar-refractivity contribution in [1.29, 1.82) is 0 Å². The number of rotatable bonds is 7. The first-order chi connectivity index (χ1) is 15.3. The normalized spacial score (nSPS) is 11.0.